The van der Waals surface area contributed by atoms with Gasteiger partial charge in [0.25, 0.3) is 0 Å². The van der Waals surface area contributed by atoms with Crippen molar-refractivity contribution in [1.29, 1.82) is 0 Å². The van der Waals surface area contributed by atoms with Crippen molar-refractivity contribution in [2.24, 2.45) is 16.9 Å². The quantitative estimate of drug-likeness (QED) is 0.195. The zero-order valence-electron chi connectivity index (χ0n) is 21.1. The van der Waals surface area contributed by atoms with Gasteiger partial charge in [-0.2, -0.15) is 4.98 Å². The molecule has 15 heteroatoms. The Kier molecular flexibility index (Phi) is 11.7. The van der Waals surface area contributed by atoms with E-state index in [0.29, 0.717) is 17.3 Å². The highest BCUT2D eigenvalue weighted by Crippen LogP contribution is 2.56. The molecule has 0 aliphatic heterocycles. The third-order valence-corrected chi connectivity index (χ3v) is 9.02. The van der Waals surface area contributed by atoms with E-state index in [1.165, 1.54) is 30.0 Å². The van der Waals surface area contributed by atoms with Crippen LogP contribution in [0.2, 0.25) is 0 Å². The minimum absolute atomic E-state index is 0.161. The summed E-state index contributed by atoms with van der Waals surface area (Å²) >= 11 is 0. The molecule has 4 unspecified atom stereocenters. The van der Waals surface area contributed by atoms with Gasteiger partial charge in [-0.25, -0.2) is 29.2 Å². The summed E-state index contributed by atoms with van der Waals surface area (Å²) in [5, 5.41) is 23.7. The van der Waals surface area contributed by atoms with E-state index in [9.17, 15) is 24.1 Å². The van der Waals surface area contributed by atoms with E-state index >= 15 is 0 Å². The van der Waals surface area contributed by atoms with Crippen LogP contribution in [0, 0.1) is 5.92 Å². The topological polar surface area (TPSA) is 201 Å². The van der Waals surface area contributed by atoms with E-state index in [2.05, 4.69) is 14.6 Å². The average molecular weight is 574 g/mol. The molecule has 7 N–H and O–H groups in total. The molecule has 0 saturated heterocycles. The standard InChI is InChI=1S/C23H37N5O8P2/c24-37(32,36-38(25,33)35-17-19-9-5-2-6-10-19)34-14-12-20(29)21(30)16-28-13-11-22(27-23(28)31)26-15-18-7-3-1-4-8-18/h2,5-6,9-11,13,18,20-21,29-30H,1,3-4,7-8,12,14-17H2,(H2,24,32)(H2,25,33)(H,26,27,31). The van der Waals surface area contributed by atoms with E-state index in [4.69, 9.17) is 20.1 Å². The Morgan fingerprint density at radius 2 is 1.71 bits per heavy atom. The van der Waals surface area contributed by atoms with Crippen LogP contribution in [0.25, 0.3) is 0 Å². The van der Waals surface area contributed by atoms with Gasteiger partial charge in [0.2, 0.25) is 0 Å². The van der Waals surface area contributed by atoms with E-state index in [0.717, 1.165) is 19.4 Å². The Labute approximate surface area is 221 Å². The molecule has 0 amide bonds. The van der Waals surface area contributed by atoms with Crippen LogP contribution in [0.4, 0.5) is 5.82 Å². The molecule has 13 nitrogen and oxygen atoms in total. The minimum atomic E-state index is -4.40. The lowest BCUT2D eigenvalue weighted by Crippen LogP contribution is -2.36. The van der Waals surface area contributed by atoms with Crippen molar-refractivity contribution < 1.29 is 32.7 Å². The first-order chi connectivity index (χ1) is 18.0. The van der Waals surface area contributed by atoms with E-state index in [1.54, 1.807) is 36.4 Å². The molecule has 2 aromatic rings. The summed E-state index contributed by atoms with van der Waals surface area (Å²) in [6, 6.07) is 10.3. The van der Waals surface area contributed by atoms with Crippen molar-refractivity contribution in [3.05, 3.63) is 58.6 Å². The summed E-state index contributed by atoms with van der Waals surface area (Å²) in [5.74, 6) is 1.03. The van der Waals surface area contributed by atoms with E-state index in [-0.39, 0.29) is 19.6 Å². The minimum Gasteiger partial charge on any atom is -0.390 e. The Bertz CT molecular complexity index is 1160. The van der Waals surface area contributed by atoms with Crippen molar-refractivity contribution >= 4 is 21.3 Å². The van der Waals surface area contributed by atoms with Gasteiger partial charge in [0.15, 0.2) is 0 Å². The summed E-state index contributed by atoms with van der Waals surface area (Å²) in [5.41, 5.74) is 11.0. The lowest BCUT2D eigenvalue weighted by molar-refractivity contribution is -0.00293. The Balaban J connectivity index is 1.40. The normalized spacial score (nSPS) is 19.3. The zero-order valence-corrected chi connectivity index (χ0v) is 22.9. The third-order valence-electron chi connectivity index (χ3n) is 6.17. The Morgan fingerprint density at radius 3 is 2.39 bits per heavy atom. The third kappa shape index (κ3) is 10.7. The molecular weight excluding hydrogens is 536 g/mol. The number of nitrogens with one attached hydrogen (secondary N) is 1. The maximum absolute atomic E-state index is 12.3. The summed E-state index contributed by atoms with van der Waals surface area (Å²) < 4.78 is 40.3. The second kappa shape index (κ2) is 14.5. The van der Waals surface area contributed by atoms with Crippen molar-refractivity contribution in [2.75, 3.05) is 18.5 Å². The largest absolute Gasteiger partial charge is 0.411 e. The lowest BCUT2D eigenvalue weighted by atomic mass is 9.89. The molecule has 0 spiro atoms. The first-order valence-corrected chi connectivity index (χ1v) is 15.7. The highest BCUT2D eigenvalue weighted by Gasteiger charge is 2.32. The number of nitrogens with two attached hydrogens (primary N) is 2. The predicted octanol–water partition coefficient (Wildman–Crippen LogP) is 2.73. The van der Waals surface area contributed by atoms with Crippen molar-refractivity contribution in [1.82, 2.24) is 9.55 Å². The molecule has 1 aromatic carbocycles. The molecule has 1 heterocycles. The van der Waals surface area contributed by atoms with Crippen LogP contribution in [-0.2, 0) is 35.6 Å². The maximum Gasteiger partial charge on any atom is 0.411 e. The maximum atomic E-state index is 12.3. The highest BCUT2D eigenvalue weighted by atomic mass is 31.3. The number of anilines is 1. The first-order valence-electron chi connectivity index (χ1n) is 12.5. The van der Waals surface area contributed by atoms with Gasteiger partial charge in [-0.3, -0.25) is 13.6 Å². The van der Waals surface area contributed by atoms with Crippen LogP contribution >= 0.6 is 15.5 Å². The molecular formula is C23H37N5O8P2. The number of nitrogens with zero attached hydrogens (tertiary/aromatic N) is 2. The van der Waals surface area contributed by atoms with Gasteiger partial charge < -0.3 is 15.5 Å². The van der Waals surface area contributed by atoms with Gasteiger partial charge in [0.1, 0.15) is 5.82 Å². The summed E-state index contributed by atoms with van der Waals surface area (Å²) in [4.78, 5) is 16.3. The van der Waals surface area contributed by atoms with Gasteiger partial charge in [0.05, 0.1) is 32.0 Å². The molecule has 3 rings (SSSR count). The number of hydrogen-bond donors (Lipinski definition) is 5. The fourth-order valence-corrected chi connectivity index (χ4v) is 6.40. The van der Waals surface area contributed by atoms with Crippen LogP contribution in [0.5, 0.6) is 0 Å². The van der Waals surface area contributed by atoms with Crippen molar-refractivity contribution in [2.45, 2.75) is 63.9 Å². The van der Waals surface area contributed by atoms with Crippen molar-refractivity contribution in [3.63, 3.8) is 0 Å². The van der Waals surface area contributed by atoms with Gasteiger partial charge in [-0.1, -0.05) is 49.6 Å². The SMILES string of the molecule is NP(=O)(OCCC(O)C(O)Cn1ccc(NCC2CCCCC2)nc1=O)OP(N)(=O)OCc1ccccc1. The lowest BCUT2D eigenvalue weighted by Gasteiger charge is -2.22. The van der Waals surface area contributed by atoms with Crippen LogP contribution in [0.15, 0.2) is 47.4 Å². The molecule has 1 aromatic heterocycles. The molecule has 0 radical (unpaired) electrons. The molecule has 1 aliphatic rings. The summed E-state index contributed by atoms with van der Waals surface area (Å²) in [6.45, 7) is -0.0452. The van der Waals surface area contributed by atoms with Gasteiger partial charge in [-0.15, -0.1) is 0 Å². The molecule has 0 bridgehead atoms. The predicted molar refractivity (Wildman–Crippen MR) is 142 cm³/mol. The Morgan fingerprint density at radius 1 is 1.03 bits per heavy atom. The number of benzene rings is 1. The second-order valence-electron chi connectivity index (χ2n) is 9.31. The Hall–Kier alpha value is -1.92. The molecule has 38 heavy (non-hydrogen) atoms. The number of aliphatic hydroxyl groups is 2. The van der Waals surface area contributed by atoms with Gasteiger partial charge >= 0.3 is 21.2 Å². The first kappa shape index (κ1) is 30.6. The molecule has 1 aliphatic carbocycles. The highest BCUT2D eigenvalue weighted by molar-refractivity contribution is 7.64. The summed E-state index contributed by atoms with van der Waals surface area (Å²) in [6.07, 6.45) is 4.60. The smallest absolute Gasteiger partial charge is 0.390 e. The van der Waals surface area contributed by atoms with E-state index < -0.39 is 40.0 Å². The van der Waals surface area contributed by atoms with Gasteiger partial charge in [-0.05, 0) is 36.8 Å². The molecule has 4 atom stereocenters. The van der Waals surface area contributed by atoms with Crippen LogP contribution in [-0.4, -0.2) is 45.1 Å². The van der Waals surface area contributed by atoms with Crippen LogP contribution in [0.3, 0.4) is 0 Å². The average Bonchev–Trinajstić information content (AvgIpc) is 2.88. The number of hydrogen-bond acceptors (Lipinski definition) is 10. The summed E-state index contributed by atoms with van der Waals surface area (Å²) in [7, 11) is -8.70. The molecule has 1 saturated carbocycles. The monoisotopic (exact) mass is 573 g/mol. The molecule has 1 fully saturated rings. The number of rotatable bonds is 15. The fourth-order valence-electron chi connectivity index (χ4n) is 4.07. The van der Waals surface area contributed by atoms with E-state index in [1.807, 2.05) is 0 Å². The van der Waals surface area contributed by atoms with Crippen LogP contribution in [0.1, 0.15) is 44.1 Å². The second-order valence-corrected chi connectivity index (χ2v) is 12.6. The molecule has 212 valence electrons. The van der Waals surface area contributed by atoms with Crippen molar-refractivity contribution in [3.8, 4) is 0 Å². The fraction of sp³-hybridized carbons (Fsp3) is 0.565. The van der Waals surface area contributed by atoms with Crippen LogP contribution < -0.4 is 22.0 Å². The number of aromatic nitrogens is 2. The van der Waals surface area contributed by atoms with Gasteiger partial charge in [0, 0.05) is 12.7 Å². The number of aliphatic hydroxyl groups excluding tert-OH is 2. The zero-order chi connectivity index (χ0) is 27.6.